The lowest BCUT2D eigenvalue weighted by Crippen LogP contribution is -2.18. The second-order valence-corrected chi connectivity index (χ2v) is 2.11. The van der Waals surface area contributed by atoms with Gasteiger partial charge in [0.25, 0.3) is 0 Å². The van der Waals surface area contributed by atoms with E-state index in [4.69, 9.17) is 5.11 Å². The Morgan fingerprint density at radius 1 is 1.50 bits per heavy atom. The highest BCUT2D eigenvalue weighted by molar-refractivity contribution is 14.1. The van der Waals surface area contributed by atoms with Crippen molar-refractivity contribution in [1.29, 1.82) is 0 Å². The van der Waals surface area contributed by atoms with E-state index in [1.165, 1.54) is 0 Å². The summed E-state index contributed by atoms with van der Waals surface area (Å²) in [5.41, 5.74) is 0. The van der Waals surface area contributed by atoms with Gasteiger partial charge in [0.05, 0.1) is 4.55 Å². The topological polar surface area (TPSA) is 66.4 Å². The zero-order valence-electron chi connectivity index (χ0n) is 5.00. The predicted molar refractivity (Wildman–Crippen MR) is 43.8 cm³/mol. The van der Waals surface area contributed by atoms with E-state index in [9.17, 15) is 9.59 Å². The number of carbonyl (C=O) groups excluding carboxylic acids is 1. The van der Waals surface area contributed by atoms with Crippen LogP contribution in [-0.4, -0.2) is 21.5 Å². The van der Waals surface area contributed by atoms with Gasteiger partial charge in [0.15, 0.2) is 0 Å². The highest BCUT2D eigenvalue weighted by Crippen LogP contribution is 1.77. The van der Waals surface area contributed by atoms with Crippen molar-refractivity contribution in [3.05, 3.63) is 12.2 Å². The quantitative estimate of drug-likeness (QED) is 0.326. The summed E-state index contributed by atoms with van der Waals surface area (Å²) in [6.45, 7) is 0. The van der Waals surface area contributed by atoms with Crippen molar-refractivity contribution in [3.8, 4) is 0 Å². The summed E-state index contributed by atoms with van der Waals surface area (Å²) >= 11 is 1.95. The Bertz CT molecular complexity index is 166. The van der Waals surface area contributed by atoms with E-state index in [1.54, 1.807) is 0 Å². The minimum Gasteiger partial charge on any atom is -0.478 e. The molecule has 0 saturated carbocycles. The molecule has 5 heteroatoms. The van der Waals surface area contributed by atoms with E-state index in [1.807, 2.05) is 22.6 Å². The first-order valence-corrected chi connectivity index (χ1v) is 3.94. The lowest BCUT2D eigenvalue weighted by atomic mass is 10.5. The number of halogens is 1. The minimum atomic E-state index is -1.12. The van der Waals surface area contributed by atoms with Crippen molar-refractivity contribution >= 4 is 34.5 Å². The molecule has 0 aliphatic rings. The van der Waals surface area contributed by atoms with Crippen molar-refractivity contribution in [2.75, 3.05) is 4.55 Å². The molecule has 0 fully saturated rings. The van der Waals surface area contributed by atoms with Crippen LogP contribution < -0.4 is 5.32 Å². The Hall–Kier alpha value is -0.590. The number of carboxylic acid groups (broad SMARTS) is 1. The molecule has 10 heavy (non-hydrogen) atoms. The second kappa shape index (κ2) is 5.21. The lowest BCUT2D eigenvalue weighted by Gasteiger charge is -1.90. The Balaban J connectivity index is 3.67. The minimum absolute atomic E-state index is 0.392. The molecule has 0 heterocycles. The number of hydrogen-bond acceptors (Lipinski definition) is 2. The van der Waals surface area contributed by atoms with E-state index >= 15 is 0 Å². The van der Waals surface area contributed by atoms with Gasteiger partial charge in [0.1, 0.15) is 0 Å². The number of rotatable bonds is 3. The van der Waals surface area contributed by atoms with Gasteiger partial charge in [-0.1, -0.05) is 22.6 Å². The first kappa shape index (κ1) is 9.41. The molecular formula is C5H6INO3. The molecule has 0 aliphatic heterocycles. The summed E-state index contributed by atoms with van der Waals surface area (Å²) in [6.07, 6.45) is 1.77. The zero-order chi connectivity index (χ0) is 7.98. The highest BCUT2D eigenvalue weighted by atomic mass is 127. The number of aliphatic carboxylic acids is 1. The smallest absolute Gasteiger partial charge is 0.328 e. The van der Waals surface area contributed by atoms with E-state index in [0.29, 0.717) is 4.55 Å². The Morgan fingerprint density at radius 3 is 2.50 bits per heavy atom. The summed E-state index contributed by atoms with van der Waals surface area (Å²) in [5, 5.41) is 10.5. The third-order valence-corrected chi connectivity index (χ3v) is 1.000. The van der Waals surface area contributed by atoms with E-state index in [2.05, 4.69) is 5.32 Å². The van der Waals surface area contributed by atoms with Gasteiger partial charge < -0.3 is 10.4 Å². The van der Waals surface area contributed by atoms with Crippen LogP contribution in [0.1, 0.15) is 0 Å². The molecule has 0 atom stereocenters. The van der Waals surface area contributed by atoms with Crippen LogP contribution >= 0.6 is 22.6 Å². The highest BCUT2D eigenvalue weighted by Gasteiger charge is 1.92. The maximum atomic E-state index is 10.5. The van der Waals surface area contributed by atoms with E-state index in [-0.39, 0.29) is 0 Å². The second-order valence-electron chi connectivity index (χ2n) is 1.35. The molecule has 0 radical (unpaired) electrons. The lowest BCUT2D eigenvalue weighted by molar-refractivity contribution is -0.131. The van der Waals surface area contributed by atoms with Crippen molar-refractivity contribution in [1.82, 2.24) is 5.32 Å². The van der Waals surface area contributed by atoms with Crippen LogP contribution in [0.15, 0.2) is 12.2 Å². The van der Waals surface area contributed by atoms with Gasteiger partial charge in [-0.3, -0.25) is 4.79 Å². The van der Waals surface area contributed by atoms with Crippen LogP contribution in [0.2, 0.25) is 0 Å². The molecule has 0 aromatic rings. The van der Waals surface area contributed by atoms with Crippen molar-refractivity contribution in [2.45, 2.75) is 0 Å². The number of hydrogen-bond donors (Lipinski definition) is 2. The maximum Gasteiger partial charge on any atom is 0.328 e. The Kier molecular flexibility index (Phi) is 4.91. The molecule has 2 N–H and O–H groups in total. The van der Waals surface area contributed by atoms with Crippen molar-refractivity contribution < 1.29 is 14.7 Å². The summed E-state index contributed by atoms with van der Waals surface area (Å²) in [6, 6.07) is 0. The van der Waals surface area contributed by atoms with Crippen molar-refractivity contribution in [2.24, 2.45) is 0 Å². The summed E-state index contributed by atoms with van der Waals surface area (Å²) in [7, 11) is 0. The SMILES string of the molecule is O=C(O)/C=C\C(=O)NCI. The predicted octanol–water partition coefficient (Wildman–Crippen LogP) is 0.136. The molecule has 0 spiro atoms. The normalized spacial score (nSPS) is 9.70. The first-order valence-electron chi connectivity index (χ1n) is 2.41. The fourth-order valence-corrected chi connectivity index (χ4v) is 0.648. The first-order chi connectivity index (χ1) is 4.66. The van der Waals surface area contributed by atoms with Gasteiger partial charge in [0.2, 0.25) is 5.91 Å². The molecule has 56 valence electrons. The van der Waals surface area contributed by atoms with E-state index < -0.39 is 11.9 Å². The maximum absolute atomic E-state index is 10.5. The Morgan fingerprint density at radius 2 is 2.10 bits per heavy atom. The largest absolute Gasteiger partial charge is 0.478 e. The third kappa shape index (κ3) is 5.54. The van der Waals surface area contributed by atoms with Crippen LogP contribution in [0.25, 0.3) is 0 Å². The summed E-state index contributed by atoms with van der Waals surface area (Å²) in [5.74, 6) is -1.51. The number of carboxylic acids is 1. The molecule has 0 saturated heterocycles. The Labute approximate surface area is 71.4 Å². The number of carbonyl (C=O) groups is 2. The summed E-state index contributed by atoms with van der Waals surface area (Å²) < 4.78 is 0.473. The molecule has 0 unspecified atom stereocenters. The van der Waals surface area contributed by atoms with Crippen LogP contribution in [0.4, 0.5) is 0 Å². The average molecular weight is 255 g/mol. The number of alkyl halides is 1. The zero-order valence-corrected chi connectivity index (χ0v) is 7.16. The molecule has 1 amide bonds. The molecule has 4 nitrogen and oxygen atoms in total. The standard InChI is InChI=1S/C5H6INO3/c6-3-7-4(8)1-2-5(9)10/h1-2H,3H2,(H,7,8)(H,9,10)/b2-1-. The van der Waals surface area contributed by atoms with Gasteiger partial charge in [-0.25, -0.2) is 4.79 Å². The molecule has 0 bridgehead atoms. The molecule has 0 aromatic heterocycles. The fourth-order valence-electron chi connectivity index (χ4n) is 0.272. The number of nitrogens with one attached hydrogen (secondary N) is 1. The summed E-state index contributed by atoms with van der Waals surface area (Å²) in [4.78, 5) is 20.3. The van der Waals surface area contributed by atoms with Crippen LogP contribution in [0, 0.1) is 0 Å². The molecular weight excluding hydrogens is 249 g/mol. The molecule has 0 aromatic carbocycles. The fraction of sp³-hybridized carbons (Fsp3) is 0.200. The van der Waals surface area contributed by atoms with Crippen LogP contribution in [-0.2, 0) is 9.59 Å². The van der Waals surface area contributed by atoms with Gasteiger partial charge in [-0.15, -0.1) is 0 Å². The van der Waals surface area contributed by atoms with Crippen LogP contribution in [0.5, 0.6) is 0 Å². The average Bonchev–Trinajstić information content (AvgIpc) is 1.85. The number of amides is 1. The van der Waals surface area contributed by atoms with Gasteiger partial charge in [0, 0.05) is 12.2 Å². The van der Waals surface area contributed by atoms with Crippen LogP contribution in [0.3, 0.4) is 0 Å². The van der Waals surface area contributed by atoms with Gasteiger partial charge in [-0.2, -0.15) is 0 Å². The third-order valence-electron chi connectivity index (χ3n) is 0.618. The molecule has 0 rings (SSSR count). The monoisotopic (exact) mass is 255 g/mol. The molecule has 0 aliphatic carbocycles. The van der Waals surface area contributed by atoms with Gasteiger partial charge in [-0.05, 0) is 0 Å². The van der Waals surface area contributed by atoms with Crippen molar-refractivity contribution in [3.63, 3.8) is 0 Å². The van der Waals surface area contributed by atoms with Gasteiger partial charge >= 0.3 is 5.97 Å². The van der Waals surface area contributed by atoms with E-state index in [0.717, 1.165) is 12.2 Å².